The molecule has 0 aromatic carbocycles. The van der Waals surface area contributed by atoms with Crippen LogP contribution < -0.4 is 0 Å². The van der Waals surface area contributed by atoms with Crippen LogP contribution >= 0.6 is 0 Å². The lowest BCUT2D eigenvalue weighted by molar-refractivity contribution is -0.149. The van der Waals surface area contributed by atoms with Gasteiger partial charge in [-0.3, -0.25) is 14.1 Å². The van der Waals surface area contributed by atoms with Gasteiger partial charge in [0, 0.05) is 0 Å². The molecule has 1 N–H and O–H groups in total. The molecule has 0 radical (unpaired) electrons. The van der Waals surface area contributed by atoms with Crippen LogP contribution in [0.15, 0.2) is 12.2 Å². The molecule has 0 aliphatic heterocycles. The summed E-state index contributed by atoms with van der Waals surface area (Å²) in [6, 6.07) is 0. The lowest BCUT2D eigenvalue weighted by Crippen LogP contribution is -2.34. The second-order valence-electron chi connectivity index (χ2n) is 7.52. The van der Waals surface area contributed by atoms with Crippen molar-refractivity contribution in [2.24, 2.45) is 0 Å². The summed E-state index contributed by atoms with van der Waals surface area (Å²) in [6.07, 6.45) is 16.4. The van der Waals surface area contributed by atoms with Crippen LogP contribution in [0.25, 0.3) is 0 Å². The van der Waals surface area contributed by atoms with Crippen LogP contribution in [0.5, 0.6) is 0 Å². The average Bonchev–Trinajstić information content (AvgIpc) is 2.69. The summed E-state index contributed by atoms with van der Waals surface area (Å²) in [5.74, 6) is -2.01. The molecule has 0 aromatic heterocycles. The maximum Gasteiger partial charge on any atom is 0.327 e. The fourth-order valence-corrected chi connectivity index (χ4v) is 3.62. The fraction of sp³-hybridized carbons (Fsp3) is 0.818. The first kappa shape index (κ1) is 28.6. The van der Waals surface area contributed by atoms with Crippen LogP contribution in [0.4, 0.5) is 0 Å². The molecule has 0 aromatic rings. The number of hydrogen-bond donors (Lipinski definition) is 1. The van der Waals surface area contributed by atoms with Gasteiger partial charge in [-0.1, -0.05) is 89.7 Å². The first-order valence-corrected chi connectivity index (χ1v) is 12.7. The van der Waals surface area contributed by atoms with Crippen molar-refractivity contribution in [2.45, 2.75) is 103 Å². The normalized spacial score (nSPS) is 12.8. The van der Waals surface area contributed by atoms with E-state index < -0.39 is 33.7 Å². The lowest BCUT2D eigenvalue weighted by Gasteiger charge is -2.13. The number of unbranched alkanes of at least 4 members (excludes halogenated alkanes) is 11. The largest absolute Gasteiger partial charge is 0.465 e. The summed E-state index contributed by atoms with van der Waals surface area (Å²) in [5, 5.41) is -1.95. The van der Waals surface area contributed by atoms with E-state index in [0.29, 0.717) is 6.42 Å². The zero-order valence-electron chi connectivity index (χ0n) is 18.6. The standard InChI is InChI=1S/C22H40O7S/c1-3-5-7-8-9-10-11-12-13-14-15-16-18-29-22(24)20(30(25,26)27)19-21(23)28-17-6-4-2/h4,6,20H,3,5,7-19H2,1-2H3,(H,25,26,27)/b6-4+. The van der Waals surface area contributed by atoms with E-state index in [-0.39, 0.29) is 13.2 Å². The van der Waals surface area contributed by atoms with Gasteiger partial charge in [-0.05, 0) is 13.3 Å². The van der Waals surface area contributed by atoms with E-state index in [1.807, 2.05) is 0 Å². The van der Waals surface area contributed by atoms with Crippen LogP contribution in [-0.4, -0.2) is 43.4 Å². The third kappa shape index (κ3) is 16.4. The Balaban J connectivity index is 3.90. The summed E-state index contributed by atoms with van der Waals surface area (Å²) in [4.78, 5) is 23.6. The van der Waals surface area contributed by atoms with Gasteiger partial charge in [0.05, 0.1) is 13.0 Å². The monoisotopic (exact) mass is 448 g/mol. The molecule has 176 valence electrons. The van der Waals surface area contributed by atoms with E-state index >= 15 is 0 Å². The highest BCUT2D eigenvalue weighted by atomic mass is 32.2. The van der Waals surface area contributed by atoms with E-state index in [1.165, 1.54) is 51.4 Å². The highest BCUT2D eigenvalue weighted by molar-refractivity contribution is 7.87. The molecule has 0 aliphatic rings. The number of rotatable bonds is 19. The first-order chi connectivity index (χ1) is 14.3. The number of allylic oxidation sites excluding steroid dienone is 1. The Hall–Kier alpha value is -1.41. The van der Waals surface area contributed by atoms with Crippen molar-refractivity contribution in [1.29, 1.82) is 0 Å². The van der Waals surface area contributed by atoms with Crippen LogP contribution in [0.3, 0.4) is 0 Å². The molecular formula is C22H40O7S. The number of carbonyl (C=O) groups is 2. The van der Waals surface area contributed by atoms with Crippen molar-refractivity contribution >= 4 is 22.1 Å². The minimum Gasteiger partial charge on any atom is -0.465 e. The smallest absolute Gasteiger partial charge is 0.327 e. The number of carbonyl (C=O) groups excluding carboxylic acids is 2. The maximum atomic E-state index is 12.0. The molecule has 30 heavy (non-hydrogen) atoms. The van der Waals surface area contributed by atoms with Crippen molar-refractivity contribution in [3.05, 3.63) is 12.2 Å². The number of hydrogen-bond acceptors (Lipinski definition) is 6. The summed E-state index contributed by atoms with van der Waals surface area (Å²) in [7, 11) is -4.75. The molecule has 8 heteroatoms. The van der Waals surface area contributed by atoms with Crippen molar-refractivity contribution in [1.82, 2.24) is 0 Å². The second kappa shape index (κ2) is 18.4. The number of esters is 2. The molecule has 0 fully saturated rings. The Morgan fingerprint density at radius 3 is 1.83 bits per heavy atom. The van der Waals surface area contributed by atoms with E-state index in [0.717, 1.165) is 19.3 Å². The van der Waals surface area contributed by atoms with Crippen LogP contribution in [-0.2, 0) is 29.2 Å². The average molecular weight is 449 g/mol. The molecule has 0 saturated carbocycles. The quantitative estimate of drug-likeness (QED) is 0.128. The van der Waals surface area contributed by atoms with E-state index in [4.69, 9.17) is 9.47 Å². The Kier molecular flexibility index (Phi) is 17.5. The van der Waals surface area contributed by atoms with Gasteiger partial charge >= 0.3 is 11.9 Å². The fourth-order valence-electron chi connectivity index (χ4n) is 2.97. The molecule has 0 amide bonds. The predicted octanol–water partition coefficient (Wildman–Crippen LogP) is 5.00. The van der Waals surface area contributed by atoms with E-state index in [9.17, 15) is 22.6 Å². The minimum absolute atomic E-state index is 0.0264. The SMILES string of the molecule is C/C=C/COC(=O)CC(C(=O)OCCCCCCCCCCCCCC)S(=O)(=O)O. The van der Waals surface area contributed by atoms with Crippen molar-refractivity contribution in [3.63, 3.8) is 0 Å². The summed E-state index contributed by atoms with van der Waals surface area (Å²) in [6.45, 7) is 4.00. The van der Waals surface area contributed by atoms with Gasteiger partial charge in [0.2, 0.25) is 0 Å². The summed E-state index contributed by atoms with van der Waals surface area (Å²) in [5.41, 5.74) is 0. The van der Waals surface area contributed by atoms with E-state index in [1.54, 1.807) is 19.1 Å². The molecule has 7 nitrogen and oxygen atoms in total. The second-order valence-corrected chi connectivity index (χ2v) is 9.12. The van der Waals surface area contributed by atoms with Gasteiger partial charge < -0.3 is 9.47 Å². The molecule has 1 unspecified atom stereocenters. The Labute approximate surface area is 182 Å². The molecule has 0 bridgehead atoms. The Morgan fingerprint density at radius 1 is 0.867 bits per heavy atom. The van der Waals surface area contributed by atoms with Gasteiger partial charge in [-0.2, -0.15) is 8.42 Å². The van der Waals surface area contributed by atoms with Gasteiger partial charge in [0.25, 0.3) is 10.1 Å². The summed E-state index contributed by atoms with van der Waals surface area (Å²) >= 11 is 0. The number of ether oxygens (including phenoxy) is 2. The first-order valence-electron chi connectivity index (χ1n) is 11.2. The molecule has 0 heterocycles. The highest BCUT2D eigenvalue weighted by Gasteiger charge is 2.35. The molecule has 0 aliphatic carbocycles. The van der Waals surface area contributed by atoms with Crippen LogP contribution in [0, 0.1) is 0 Å². The van der Waals surface area contributed by atoms with Crippen LogP contribution in [0.2, 0.25) is 0 Å². The molecule has 0 saturated heterocycles. The summed E-state index contributed by atoms with van der Waals surface area (Å²) < 4.78 is 41.8. The third-order valence-corrected chi connectivity index (χ3v) is 5.87. The van der Waals surface area contributed by atoms with Crippen LogP contribution in [0.1, 0.15) is 97.3 Å². The Bertz CT molecular complexity index is 584. The maximum absolute atomic E-state index is 12.0. The molecule has 1 atom stereocenters. The predicted molar refractivity (Wildman–Crippen MR) is 118 cm³/mol. The molecule has 0 spiro atoms. The lowest BCUT2D eigenvalue weighted by atomic mass is 10.1. The molecule has 0 rings (SSSR count). The minimum atomic E-state index is -4.75. The van der Waals surface area contributed by atoms with Gasteiger partial charge in [0.15, 0.2) is 5.25 Å². The molecular weight excluding hydrogens is 408 g/mol. The van der Waals surface area contributed by atoms with E-state index in [2.05, 4.69) is 6.92 Å². The third-order valence-electron chi connectivity index (χ3n) is 4.79. The van der Waals surface area contributed by atoms with Gasteiger partial charge in [-0.15, -0.1) is 0 Å². The van der Waals surface area contributed by atoms with Crippen molar-refractivity contribution in [3.8, 4) is 0 Å². The Morgan fingerprint density at radius 2 is 1.37 bits per heavy atom. The van der Waals surface area contributed by atoms with Gasteiger partial charge in [-0.25, -0.2) is 0 Å². The van der Waals surface area contributed by atoms with Crippen molar-refractivity contribution in [2.75, 3.05) is 13.2 Å². The topological polar surface area (TPSA) is 107 Å². The van der Waals surface area contributed by atoms with Gasteiger partial charge in [0.1, 0.15) is 6.61 Å². The zero-order chi connectivity index (χ0) is 22.7. The highest BCUT2D eigenvalue weighted by Crippen LogP contribution is 2.13. The van der Waals surface area contributed by atoms with Crippen molar-refractivity contribution < 1.29 is 32.0 Å². The zero-order valence-corrected chi connectivity index (χ0v) is 19.5.